The van der Waals surface area contributed by atoms with Gasteiger partial charge in [0.1, 0.15) is 5.82 Å². The summed E-state index contributed by atoms with van der Waals surface area (Å²) >= 11 is 0. The predicted molar refractivity (Wildman–Crippen MR) is 104 cm³/mol. The largest absolute Gasteiger partial charge is 0.379 e. The quantitative estimate of drug-likeness (QED) is 0.632. The SMILES string of the molecule is CN=C(NCC(OC)C(C)(C)C)NC1CCN(c2ccccn2)CC1. The minimum atomic E-state index is 0.0919. The molecule has 0 bridgehead atoms. The molecule has 6 nitrogen and oxygen atoms in total. The molecule has 1 aliphatic rings. The van der Waals surface area contributed by atoms with E-state index >= 15 is 0 Å². The number of rotatable bonds is 5. The lowest BCUT2D eigenvalue weighted by atomic mass is 9.89. The zero-order chi connectivity index (χ0) is 18.3. The number of nitrogens with zero attached hydrogens (tertiary/aromatic N) is 3. The van der Waals surface area contributed by atoms with Crippen LogP contribution in [0.5, 0.6) is 0 Å². The Morgan fingerprint density at radius 1 is 1.36 bits per heavy atom. The summed E-state index contributed by atoms with van der Waals surface area (Å²) in [5.74, 6) is 1.92. The number of pyridine rings is 1. The highest BCUT2D eigenvalue weighted by Crippen LogP contribution is 2.21. The summed E-state index contributed by atoms with van der Waals surface area (Å²) in [5, 5.41) is 6.95. The molecule has 1 aliphatic heterocycles. The molecule has 0 aliphatic carbocycles. The van der Waals surface area contributed by atoms with Crippen LogP contribution in [0, 0.1) is 5.41 Å². The van der Waals surface area contributed by atoms with Crippen molar-refractivity contribution in [3.63, 3.8) is 0 Å². The molecule has 0 amide bonds. The van der Waals surface area contributed by atoms with Crippen molar-refractivity contribution in [1.29, 1.82) is 0 Å². The number of aliphatic imine (C=N–C) groups is 1. The zero-order valence-corrected chi connectivity index (χ0v) is 16.2. The molecular formula is C19H33N5O. The third-order valence-corrected chi connectivity index (χ3v) is 4.74. The van der Waals surface area contributed by atoms with Crippen LogP contribution in [-0.2, 0) is 4.74 Å². The van der Waals surface area contributed by atoms with E-state index in [0.717, 1.165) is 44.3 Å². The molecule has 0 aromatic carbocycles. The Hall–Kier alpha value is -1.82. The molecule has 25 heavy (non-hydrogen) atoms. The van der Waals surface area contributed by atoms with Crippen LogP contribution in [0.2, 0.25) is 0 Å². The summed E-state index contributed by atoms with van der Waals surface area (Å²) in [6.45, 7) is 9.32. The van der Waals surface area contributed by atoms with Crippen LogP contribution in [0.4, 0.5) is 5.82 Å². The van der Waals surface area contributed by atoms with E-state index in [0.29, 0.717) is 6.04 Å². The Morgan fingerprint density at radius 3 is 2.60 bits per heavy atom. The molecule has 1 fully saturated rings. The molecule has 140 valence electrons. The minimum absolute atomic E-state index is 0.0919. The first-order chi connectivity index (χ1) is 11.9. The Balaban J connectivity index is 1.79. The molecule has 6 heteroatoms. The van der Waals surface area contributed by atoms with Gasteiger partial charge in [0.15, 0.2) is 5.96 Å². The fourth-order valence-electron chi connectivity index (χ4n) is 3.11. The van der Waals surface area contributed by atoms with E-state index in [9.17, 15) is 0 Å². The molecule has 1 aromatic rings. The van der Waals surface area contributed by atoms with E-state index in [1.807, 2.05) is 25.4 Å². The van der Waals surface area contributed by atoms with Gasteiger partial charge in [-0.25, -0.2) is 4.98 Å². The normalized spacial score (nSPS) is 18.1. The fraction of sp³-hybridized carbons (Fsp3) is 0.684. The molecule has 0 radical (unpaired) electrons. The maximum absolute atomic E-state index is 5.60. The summed E-state index contributed by atoms with van der Waals surface area (Å²) in [6.07, 6.45) is 4.14. The van der Waals surface area contributed by atoms with E-state index in [2.05, 4.69) is 52.3 Å². The molecule has 0 saturated carbocycles. The summed E-state index contributed by atoms with van der Waals surface area (Å²) < 4.78 is 5.60. The van der Waals surface area contributed by atoms with Gasteiger partial charge in [0.2, 0.25) is 0 Å². The van der Waals surface area contributed by atoms with Crippen LogP contribution in [0.15, 0.2) is 29.4 Å². The van der Waals surface area contributed by atoms with Gasteiger partial charge in [-0.05, 0) is 30.4 Å². The molecular weight excluding hydrogens is 314 g/mol. The molecule has 1 atom stereocenters. The minimum Gasteiger partial charge on any atom is -0.379 e. The lowest BCUT2D eigenvalue weighted by Crippen LogP contribution is -2.51. The molecule has 1 saturated heterocycles. The molecule has 1 unspecified atom stereocenters. The highest BCUT2D eigenvalue weighted by atomic mass is 16.5. The summed E-state index contributed by atoms with van der Waals surface area (Å²) in [7, 11) is 3.58. The molecule has 2 rings (SSSR count). The maximum Gasteiger partial charge on any atom is 0.191 e. The first kappa shape index (κ1) is 19.5. The molecule has 2 N–H and O–H groups in total. The Kier molecular flexibility index (Phi) is 7.05. The highest BCUT2D eigenvalue weighted by molar-refractivity contribution is 5.80. The van der Waals surface area contributed by atoms with Crippen molar-refractivity contribution >= 4 is 11.8 Å². The van der Waals surface area contributed by atoms with Crippen molar-refractivity contribution < 1.29 is 4.74 Å². The lowest BCUT2D eigenvalue weighted by Gasteiger charge is -2.34. The number of nitrogens with one attached hydrogen (secondary N) is 2. The van der Waals surface area contributed by atoms with E-state index in [1.165, 1.54) is 0 Å². The van der Waals surface area contributed by atoms with Crippen molar-refractivity contribution in [3.05, 3.63) is 24.4 Å². The number of anilines is 1. The average molecular weight is 348 g/mol. The Bertz CT molecular complexity index is 532. The highest BCUT2D eigenvalue weighted by Gasteiger charge is 2.25. The maximum atomic E-state index is 5.60. The number of methoxy groups -OCH3 is 1. The van der Waals surface area contributed by atoms with E-state index in [-0.39, 0.29) is 11.5 Å². The standard InChI is InChI=1S/C19H33N5O/c1-19(2,3)16(25-5)14-22-18(20-4)23-15-9-12-24(13-10-15)17-8-6-7-11-21-17/h6-8,11,15-16H,9-10,12-14H2,1-5H3,(H2,20,22,23). The third-order valence-electron chi connectivity index (χ3n) is 4.74. The van der Waals surface area contributed by atoms with Gasteiger partial charge in [-0.1, -0.05) is 26.8 Å². The van der Waals surface area contributed by atoms with Crippen LogP contribution < -0.4 is 15.5 Å². The van der Waals surface area contributed by atoms with Gasteiger partial charge in [-0.2, -0.15) is 0 Å². The third kappa shape index (κ3) is 5.88. The van der Waals surface area contributed by atoms with Gasteiger partial charge in [0, 0.05) is 46.0 Å². The summed E-state index contributed by atoms with van der Waals surface area (Å²) in [4.78, 5) is 11.1. The van der Waals surface area contributed by atoms with Crippen molar-refractivity contribution in [2.24, 2.45) is 10.4 Å². The monoisotopic (exact) mass is 347 g/mol. The van der Waals surface area contributed by atoms with E-state index < -0.39 is 0 Å². The smallest absolute Gasteiger partial charge is 0.191 e. The Labute approximate surface area is 152 Å². The topological polar surface area (TPSA) is 61.8 Å². The van der Waals surface area contributed by atoms with Crippen molar-refractivity contribution in [2.75, 3.05) is 38.7 Å². The Morgan fingerprint density at radius 2 is 2.08 bits per heavy atom. The molecule has 2 heterocycles. The number of hydrogen-bond acceptors (Lipinski definition) is 4. The number of guanidine groups is 1. The first-order valence-corrected chi connectivity index (χ1v) is 9.10. The molecule has 1 aromatic heterocycles. The van der Waals surface area contributed by atoms with Gasteiger partial charge in [-0.15, -0.1) is 0 Å². The number of hydrogen-bond donors (Lipinski definition) is 2. The number of ether oxygens (including phenoxy) is 1. The van der Waals surface area contributed by atoms with Crippen LogP contribution in [0.25, 0.3) is 0 Å². The second-order valence-electron chi connectivity index (χ2n) is 7.64. The van der Waals surface area contributed by atoms with Crippen LogP contribution in [0.3, 0.4) is 0 Å². The van der Waals surface area contributed by atoms with Gasteiger partial charge in [-0.3, -0.25) is 4.99 Å². The summed E-state index contributed by atoms with van der Waals surface area (Å²) in [5.41, 5.74) is 0.0919. The van der Waals surface area contributed by atoms with Gasteiger partial charge in [0.25, 0.3) is 0 Å². The van der Waals surface area contributed by atoms with Crippen molar-refractivity contribution in [1.82, 2.24) is 15.6 Å². The second kappa shape index (κ2) is 9.04. The van der Waals surface area contributed by atoms with Gasteiger partial charge < -0.3 is 20.3 Å². The van der Waals surface area contributed by atoms with Crippen LogP contribution in [-0.4, -0.2) is 56.9 Å². The van der Waals surface area contributed by atoms with E-state index in [4.69, 9.17) is 4.74 Å². The van der Waals surface area contributed by atoms with Gasteiger partial charge in [0.05, 0.1) is 6.10 Å². The van der Waals surface area contributed by atoms with Crippen LogP contribution in [0.1, 0.15) is 33.6 Å². The van der Waals surface area contributed by atoms with Crippen molar-refractivity contribution in [3.8, 4) is 0 Å². The number of aromatic nitrogens is 1. The zero-order valence-electron chi connectivity index (χ0n) is 16.2. The van der Waals surface area contributed by atoms with Crippen LogP contribution >= 0.6 is 0 Å². The average Bonchev–Trinajstić information content (AvgIpc) is 2.61. The molecule has 0 spiro atoms. The lowest BCUT2D eigenvalue weighted by molar-refractivity contribution is 0.0205. The van der Waals surface area contributed by atoms with E-state index in [1.54, 1.807) is 7.11 Å². The fourth-order valence-corrected chi connectivity index (χ4v) is 3.11. The summed E-state index contributed by atoms with van der Waals surface area (Å²) in [6, 6.07) is 6.51. The van der Waals surface area contributed by atoms with Gasteiger partial charge >= 0.3 is 0 Å². The van der Waals surface area contributed by atoms with Crippen molar-refractivity contribution in [2.45, 2.75) is 45.8 Å². The predicted octanol–water partition coefficient (Wildman–Crippen LogP) is 2.28. The second-order valence-corrected chi connectivity index (χ2v) is 7.64. The first-order valence-electron chi connectivity index (χ1n) is 9.10. The number of piperidine rings is 1.